The van der Waals surface area contributed by atoms with Crippen LogP contribution in [-0.4, -0.2) is 95.5 Å². The second-order valence-corrected chi connectivity index (χ2v) is 14.1. The lowest BCUT2D eigenvalue weighted by Crippen LogP contribution is -2.33. The number of rotatable bonds is 7. The number of aromatic hydroxyl groups is 1. The van der Waals surface area contributed by atoms with Crippen LogP contribution in [0.4, 0.5) is 5.69 Å². The molecular weight excluding hydrogens is 690 g/mol. The summed E-state index contributed by atoms with van der Waals surface area (Å²) < 4.78 is 22.2. The third-order valence-electron chi connectivity index (χ3n) is 11.0. The van der Waals surface area contributed by atoms with Gasteiger partial charge < -0.3 is 48.8 Å². The molecule has 4 aliphatic rings. The van der Waals surface area contributed by atoms with Crippen LogP contribution in [-0.2, 0) is 11.8 Å². The van der Waals surface area contributed by atoms with Crippen LogP contribution in [0.15, 0.2) is 36.0 Å². The van der Waals surface area contributed by atoms with Gasteiger partial charge in [0, 0.05) is 41.1 Å². The molecule has 52 heavy (non-hydrogen) atoms. The van der Waals surface area contributed by atoms with Gasteiger partial charge in [-0.1, -0.05) is 11.8 Å². The number of amides is 2. The normalized spacial score (nSPS) is 19.7. The molecule has 0 bridgehead atoms. The van der Waals surface area contributed by atoms with Gasteiger partial charge in [0.1, 0.15) is 11.4 Å². The van der Waals surface area contributed by atoms with Crippen LogP contribution >= 0.6 is 11.8 Å². The number of carbonyl (C=O) groups is 4. The minimum Gasteiger partial charge on any atom is -0.503 e. The quantitative estimate of drug-likeness (QED) is 0.180. The van der Waals surface area contributed by atoms with Crippen LogP contribution in [0.3, 0.4) is 0 Å². The van der Waals surface area contributed by atoms with Gasteiger partial charge in [-0.15, -0.1) is 0 Å². The van der Waals surface area contributed by atoms with Gasteiger partial charge in [0.05, 0.1) is 56.5 Å². The monoisotopic (exact) mass is 723 g/mol. The van der Waals surface area contributed by atoms with Gasteiger partial charge in [0.15, 0.2) is 23.0 Å². The van der Waals surface area contributed by atoms with Gasteiger partial charge in [0.2, 0.25) is 16.6 Å². The molecule has 2 aromatic carbocycles. The number of hydrogen-bond acceptors (Lipinski definition) is 10. The van der Waals surface area contributed by atoms with E-state index in [1.54, 1.807) is 35.4 Å². The Morgan fingerprint density at radius 1 is 0.865 bits per heavy atom. The number of thioether (sulfide) groups is 1. The smallest absolute Gasteiger partial charge is 0.274 e. The summed E-state index contributed by atoms with van der Waals surface area (Å²) in [7, 11) is 5.96. The lowest BCUT2D eigenvalue weighted by Gasteiger charge is -2.27. The Morgan fingerprint density at radius 2 is 1.58 bits per heavy atom. The number of phenols is 1. The standard InChI is InChI=1S/C37H33N5O9S/c1-48-24-9-15-8-20(38-26(15)33(51-4)31(24)49-2)35(46)42-14-16-13-37(16)19-11-21(39-28(19)23(43)12-25(37)42)34(45)41-7-6-17-18-10-22(36(47)52-5)40-27(18)32(50-3)30(44)29(17)41/h8-12,16,38-40,44H,6-7,13-14H2,1-5H3/t16-,37-/m1/s1. The topological polar surface area (TPSA) is 179 Å². The zero-order chi connectivity index (χ0) is 36.4. The van der Waals surface area contributed by atoms with Crippen molar-refractivity contribution in [3.63, 3.8) is 0 Å². The predicted molar refractivity (Wildman–Crippen MR) is 192 cm³/mol. The Balaban J connectivity index is 1.05. The van der Waals surface area contributed by atoms with Crippen LogP contribution in [0.5, 0.6) is 28.7 Å². The number of aromatic amines is 3. The summed E-state index contributed by atoms with van der Waals surface area (Å²) in [5, 5.41) is 12.6. The number of hydrogen-bond donors (Lipinski definition) is 4. The molecule has 3 aromatic heterocycles. The first-order chi connectivity index (χ1) is 25.1. The van der Waals surface area contributed by atoms with Gasteiger partial charge in [-0.05, 0) is 60.4 Å². The van der Waals surface area contributed by atoms with E-state index in [9.17, 15) is 24.3 Å². The molecule has 9 rings (SSSR count). The average Bonchev–Trinajstić information content (AvgIpc) is 3.80. The van der Waals surface area contributed by atoms with Gasteiger partial charge >= 0.3 is 0 Å². The summed E-state index contributed by atoms with van der Waals surface area (Å²) in [5.41, 5.74) is 3.98. The molecular formula is C37H33N5O9S. The highest BCUT2D eigenvalue weighted by molar-refractivity contribution is 8.13. The number of aromatic nitrogens is 3. The van der Waals surface area contributed by atoms with E-state index in [2.05, 4.69) is 15.0 Å². The molecule has 0 radical (unpaired) electrons. The molecule has 2 aliphatic heterocycles. The summed E-state index contributed by atoms with van der Waals surface area (Å²) in [4.78, 5) is 67.0. The molecule has 266 valence electrons. The van der Waals surface area contributed by atoms with Crippen molar-refractivity contribution in [2.45, 2.75) is 18.3 Å². The van der Waals surface area contributed by atoms with E-state index in [1.165, 1.54) is 39.4 Å². The Kier molecular flexibility index (Phi) is 6.84. The van der Waals surface area contributed by atoms with E-state index in [0.717, 1.165) is 18.2 Å². The first-order valence-electron chi connectivity index (χ1n) is 16.6. The molecule has 0 unspecified atom stereocenters. The summed E-state index contributed by atoms with van der Waals surface area (Å²) >= 11 is 1.06. The number of likely N-dealkylation sites (tertiary alicyclic amines) is 1. The first-order valence-corrected chi connectivity index (χ1v) is 17.8. The molecule has 5 aromatic rings. The van der Waals surface area contributed by atoms with E-state index >= 15 is 0 Å². The van der Waals surface area contributed by atoms with Gasteiger partial charge in [0.25, 0.3) is 11.8 Å². The number of allylic oxidation sites excluding steroid dienone is 2. The third-order valence-corrected chi connectivity index (χ3v) is 11.6. The second-order valence-electron chi connectivity index (χ2n) is 13.3. The lowest BCUT2D eigenvalue weighted by atomic mass is 9.85. The van der Waals surface area contributed by atoms with E-state index in [1.807, 2.05) is 0 Å². The number of ether oxygens (including phenoxy) is 4. The third kappa shape index (κ3) is 4.07. The number of piperidine rings is 1. The largest absolute Gasteiger partial charge is 0.503 e. The van der Waals surface area contributed by atoms with Gasteiger partial charge in [-0.3, -0.25) is 19.2 Å². The number of nitrogens with one attached hydrogen (secondary N) is 3. The molecule has 2 fully saturated rings. The fourth-order valence-corrected chi connectivity index (χ4v) is 8.95. The summed E-state index contributed by atoms with van der Waals surface area (Å²) in [6.07, 6.45) is 4.36. The molecule has 2 aliphatic carbocycles. The van der Waals surface area contributed by atoms with Gasteiger partial charge in [-0.25, -0.2) is 0 Å². The Hall–Kier alpha value is -5.83. The number of H-pyrrole nitrogens is 3. The van der Waals surface area contributed by atoms with Crippen molar-refractivity contribution in [3.05, 3.63) is 69.9 Å². The summed E-state index contributed by atoms with van der Waals surface area (Å²) in [6.45, 7) is 0.678. The number of benzene rings is 2. The Labute approximate surface area is 300 Å². The molecule has 14 nitrogen and oxygen atoms in total. The van der Waals surface area contributed by atoms with Crippen LogP contribution in [0, 0.1) is 5.92 Å². The number of fused-ring (bicyclic) bond motifs is 5. The summed E-state index contributed by atoms with van der Waals surface area (Å²) in [6, 6.07) is 6.94. The zero-order valence-corrected chi connectivity index (χ0v) is 29.6. The average molecular weight is 724 g/mol. The lowest BCUT2D eigenvalue weighted by molar-refractivity contribution is 0.0806. The number of nitrogens with zero attached hydrogens (tertiary/aromatic N) is 2. The van der Waals surface area contributed by atoms with Crippen molar-refractivity contribution in [2.75, 3.05) is 52.7 Å². The van der Waals surface area contributed by atoms with Crippen molar-refractivity contribution >= 4 is 62.0 Å². The fourth-order valence-electron chi connectivity index (χ4n) is 8.62. The maximum Gasteiger partial charge on any atom is 0.274 e. The van der Waals surface area contributed by atoms with Crippen molar-refractivity contribution in [2.24, 2.45) is 5.92 Å². The predicted octanol–water partition coefficient (Wildman–Crippen LogP) is 4.92. The molecule has 15 heteroatoms. The SMILES string of the molecule is COc1cc2cc(C(=O)N3C[C@H]4C[C@@]45C3=CC(=O)c3[nH]c(C(=O)N4CCc6c4c(O)c(OC)c4[nH]c(C(=O)SC)cc64)cc35)[nH]c2c(OC)c1OC. The molecule has 5 heterocycles. The highest BCUT2D eigenvalue weighted by Crippen LogP contribution is 2.67. The van der Waals surface area contributed by atoms with Gasteiger partial charge in [-0.2, -0.15) is 0 Å². The first kappa shape index (κ1) is 32.1. The Bertz CT molecular complexity index is 2490. The highest BCUT2D eigenvalue weighted by atomic mass is 32.2. The minimum atomic E-state index is -0.587. The molecule has 1 saturated carbocycles. The second kappa shape index (κ2) is 11.1. The van der Waals surface area contributed by atoms with Crippen LogP contribution < -0.4 is 23.8 Å². The van der Waals surface area contributed by atoms with Crippen molar-refractivity contribution in [1.29, 1.82) is 0 Å². The van der Waals surface area contributed by atoms with Crippen molar-refractivity contribution < 1.29 is 43.2 Å². The van der Waals surface area contributed by atoms with Crippen LogP contribution in [0.25, 0.3) is 21.8 Å². The van der Waals surface area contributed by atoms with E-state index in [4.69, 9.17) is 18.9 Å². The molecule has 2 atom stereocenters. The number of ketones is 1. The number of carbonyl (C=O) groups excluding carboxylic acids is 4. The van der Waals surface area contributed by atoms with Crippen molar-refractivity contribution in [3.8, 4) is 28.7 Å². The maximum absolute atomic E-state index is 14.2. The van der Waals surface area contributed by atoms with E-state index in [0.29, 0.717) is 91.6 Å². The van der Waals surface area contributed by atoms with Crippen LogP contribution in [0.2, 0.25) is 0 Å². The number of phenolic OH excluding ortho intramolecular Hbond substituents is 1. The number of anilines is 1. The molecule has 1 spiro atoms. The van der Waals surface area contributed by atoms with Crippen LogP contribution in [0.1, 0.15) is 59.5 Å². The number of methoxy groups -OCH3 is 4. The summed E-state index contributed by atoms with van der Waals surface area (Å²) in [5.74, 6) is 0.178. The zero-order valence-electron chi connectivity index (χ0n) is 28.8. The molecule has 1 saturated heterocycles. The fraction of sp³-hybridized carbons (Fsp3) is 0.297. The Morgan fingerprint density at radius 3 is 2.29 bits per heavy atom. The van der Waals surface area contributed by atoms with E-state index < -0.39 is 11.3 Å². The van der Waals surface area contributed by atoms with E-state index in [-0.39, 0.29) is 46.5 Å². The highest BCUT2D eigenvalue weighted by Gasteiger charge is 2.68. The molecule has 2 amide bonds. The molecule has 4 N–H and O–H groups in total. The van der Waals surface area contributed by atoms with Crippen molar-refractivity contribution in [1.82, 2.24) is 19.9 Å². The maximum atomic E-state index is 14.2. The minimum absolute atomic E-state index is 0.0632.